The highest BCUT2D eigenvalue weighted by atomic mass is 16.1. The number of amides is 1. The second kappa shape index (κ2) is 8.78. The minimum absolute atomic E-state index is 0.111. The number of hydrogen-bond donors (Lipinski definition) is 1. The van der Waals surface area contributed by atoms with Gasteiger partial charge in [-0.05, 0) is 63.0 Å². The molecule has 5 nitrogen and oxygen atoms in total. The van der Waals surface area contributed by atoms with Crippen LogP contribution < -0.4 is 5.32 Å². The summed E-state index contributed by atoms with van der Waals surface area (Å²) in [5, 5.41) is 3.14. The molecule has 2 heterocycles. The van der Waals surface area contributed by atoms with Crippen LogP contribution in [0, 0.1) is 12.8 Å². The van der Waals surface area contributed by atoms with Crippen LogP contribution in [-0.2, 0) is 24.4 Å². The van der Waals surface area contributed by atoms with Gasteiger partial charge in [-0.25, -0.2) is 4.98 Å². The number of carbonyl (C=O) groups excluding carboxylic acids is 1. The van der Waals surface area contributed by atoms with Crippen LogP contribution in [-0.4, -0.2) is 33.4 Å². The summed E-state index contributed by atoms with van der Waals surface area (Å²) in [5.41, 5.74) is 4.68. The van der Waals surface area contributed by atoms with E-state index in [-0.39, 0.29) is 11.8 Å². The number of para-hydroxylation sites is 2. The quantitative estimate of drug-likeness (QED) is 0.695. The molecule has 0 radical (unpaired) electrons. The van der Waals surface area contributed by atoms with Gasteiger partial charge in [-0.15, -0.1) is 0 Å². The molecule has 0 saturated carbocycles. The van der Waals surface area contributed by atoms with Crippen molar-refractivity contribution in [3.63, 3.8) is 0 Å². The lowest BCUT2D eigenvalue weighted by Crippen LogP contribution is -2.40. The van der Waals surface area contributed by atoms with E-state index in [2.05, 4.69) is 59.0 Å². The Labute approximate surface area is 172 Å². The molecule has 2 aromatic carbocycles. The molecule has 1 saturated heterocycles. The van der Waals surface area contributed by atoms with E-state index in [1.165, 1.54) is 16.6 Å². The summed E-state index contributed by atoms with van der Waals surface area (Å²) in [6.45, 7) is 8.52. The van der Waals surface area contributed by atoms with Crippen LogP contribution >= 0.6 is 0 Å². The number of nitrogens with zero attached hydrogens (tertiary/aromatic N) is 3. The van der Waals surface area contributed by atoms with Gasteiger partial charge in [0.2, 0.25) is 5.91 Å². The van der Waals surface area contributed by atoms with Crippen LogP contribution in [0.5, 0.6) is 0 Å². The van der Waals surface area contributed by atoms with Crippen LogP contribution in [0.3, 0.4) is 0 Å². The molecule has 1 amide bonds. The van der Waals surface area contributed by atoms with Crippen molar-refractivity contribution in [3.8, 4) is 0 Å². The van der Waals surface area contributed by atoms with Crippen LogP contribution in [0.1, 0.15) is 36.7 Å². The monoisotopic (exact) mass is 390 g/mol. The first kappa shape index (κ1) is 19.6. The molecule has 1 fully saturated rings. The third-order valence-corrected chi connectivity index (χ3v) is 6.09. The molecule has 1 aromatic heterocycles. The number of imidazole rings is 1. The molecule has 1 N–H and O–H groups in total. The van der Waals surface area contributed by atoms with Gasteiger partial charge >= 0.3 is 0 Å². The first-order valence-corrected chi connectivity index (χ1v) is 10.6. The third kappa shape index (κ3) is 4.35. The second-order valence-corrected chi connectivity index (χ2v) is 7.96. The molecule has 152 valence electrons. The molecule has 3 aromatic rings. The Morgan fingerprint density at radius 3 is 2.59 bits per heavy atom. The number of carbonyl (C=O) groups is 1. The number of piperidine rings is 1. The van der Waals surface area contributed by atoms with E-state index in [1.54, 1.807) is 0 Å². The zero-order valence-corrected chi connectivity index (χ0v) is 17.4. The Balaban J connectivity index is 1.31. The van der Waals surface area contributed by atoms with E-state index in [9.17, 15) is 4.79 Å². The smallest absolute Gasteiger partial charge is 0.223 e. The Morgan fingerprint density at radius 1 is 1.10 bits per heavy atom. The first-order valence-electron chi connectivity index (χ1n) is 10.6. The number of aryl methyl sites for hydroxylation is 2. The lowest BCUT2D eigenvalue weighted by Gasteiger charge is -2.31. The summed E-state index contributed by atoms with van der Waals surface area (Å²) in [6.07, 6.45) is 1.82. The maximum absolute atomic E-state index is 12.6. The standard InChI is InChI=1S/C24H30N4O/c1-3-28-22-11-7-6-10-21(22)26-23(28)17-27-14-12-19(13-15-27)24(29)25-16-20-9-5-4-8-18(20)2/h4-11,19H,3,12-17H2,1-2H3,(H,25,29). The van der Waals surface area contributed by atoms with E-state index in [4.69, 9.17) is 4.98 Å². The normalized spacial score (nSPS) is 15.7. The third-order valence-electron chi connectivity index (χ3n) is 6.09. The Kier molecular flexibility index (Phi) is 5.95. The summed E-state index contributed by atoms with van der Waals surface area (Å²) >= 11 is 0. The molecular weight excluding hydrogens is 360 g/mol. The Bertz CT molecular complexity index is 985. The first-order chi connectivity index (χ1) is 14.2. The second-order valence-electron chi connectivity index (χ2n) is 7.96. The molecule has 4 rings (SSSR count). The van der Waals surface area contributed by atoms with Gasteiger partial charge in [-0.2, -0.15) is 0 Å². The highest BCUT2D eigenvalue weighted by molar-refractivity contribution is 5.78. The fourth-order valence-electron chi connectivity index (χ4n) is 4.29. The Hall–Kier alpha value is -2.66. The number of hydrogen-bond acceptors (Lipinski definition) is 3. The average Bonchev–Trinajstić information content (AvgIpc) is 3.10. The highest BCUT2D eigenvalue weighted by Gasteiger charge is 2.25. The van der Waals surface area contributed by atoms with Crippen LogP contribution in [0.4, 0.5) is 0 Å². The van der Waals surface area contributed by atoms with Crippen molar-refractivity contribution < 1.29 is 4.79 Å². The number of nitrogens with one attached hydrogen (secondary N) is 1. The van der Waals surface area contributed by atoms with Crippen molar-refractivity contribution in [2.75, 3.05) is 13.1 Å². The lowest BCUT2D eigenvalue weighted by atomic mass is 9.95. The predicted molar refractivity (Wildman–Crippen MR) is 116 cm³/mol. The van der Waals surface area contributed by atoms with Crippen LogP contribution in [0.25, 0.3) is 11.0 Å². The van der Waals surface area contributed by atoms with E-state index in [1.807, 2.05) is 18.2 Å². The fourth-order valence-corrected chi connectivity index (χ4v) is 4.29. The lowest BCUT2D eigenvalue weighted by molar-refractivity contribution is -0.126. The molecule has 0 spiro atoms. The van der Waals surface area contributed by atoms with Crippen molar-refractivity contribution in [1.29, 1.82) is 0 Å². The average molecular weight is 391 g/mol. The maximum atomic E-state index is 12.6. The van der Waals surface area contributed by atoms with Gasteiger partial charge in [0, 0.05) is 19.0 Å². The van der Waals surface area contributed by atoms with Crippen molar-refractivity contribution >= 4 is 16.9 Å². The fraction of sp³-hybridized carbons (Fsp3) is 0.417. The molecule has 29 heavy (non-hydrogen) atoms. The van der Waals surface area contributed by atoms with E-state index in [0.717, 1.165) is 50.4 Å². The van der Waals surface area contributed by atoms with Gasteiger partial charge in [-0.3, -0.25) is 9.69 Å². The number of benzene rings is 2. The molecule has 1 aliphatic heterocycles. The van der Waals surface area contributed by atoms with E-state index in [0.29, 0.717) is 6.54 Å². The van der Waals surface area contributed by atoms with Gasteiger partial charge in [-0.1, -0.05) is 36.4 Å². The zero-order valence-electron chi connectivity index (χ0n) is 17.4. The van der Waals surface area contributed by atoms with Gasteiger partial charge in [0.25, 0.3) is 0 Å². The minimum atomic E-state index is 0.111. The zero-order chi connectivity index (χ0) is 20.2. The van der Waals surface area contributed by atoms with Crippen molar-refractivity contribution in [3.05, 3.63) is 65.5 Å². The van der Waals surface area contributed by atoms with E-state index < -0.39 is 0 Å². The van der Waals surface area contributed by atoms with Crippen LogP contribution in [0.2, 0.25) is 0 Å². The van der Waals surface area contributed by atoms with Crippen molar-refractivity contribution in [2.24, 2.45) is 5.92 Å². The summed E-state index contributed by atoms with van der Waals surface area (Å²) < 4.78 is 2.30. The predicted octanol–water partition coefficient (Wildman–Crippen LogP) is 3.89. The molecule has 1 aliphatic rings. The summed E-state index contributed by atoms with van der Waals surface area (Å²) in [7, 11) is 0. The molecular formula is C24H30N4O. The topological polar surface area (TPSA) is 50.2 Å². The SMILES string of the molecule is CCn1c(CN2CCC(C(=O)NCc3ccccc3C)CC2)nc2ccccc21. The number of fused-ring (bicyclic) bond motifs is 1. The summed E-state index contributed by atoms with van der Waals surface area (Å²) in [5.74, 6) is 1.42. The minimum Gasteiger partial charge on any atom is -0.352 e. The molecule has 0 aliphatic carbocycles. The maximum Gasteiger partial charge on any atom is 0.223 e. The Morgan fingerprint density at radius 2 is 1.83 bits per heavy atom. The molecule has 5 heteroatoms. The molecule has 0 bridgehead atoms. The van der Waals surface area contributed by atoms with Crippen molar-refractivity contribution in [2.45, 2.75) is 46.3 Å². The van der Waals surface area contributed by atoms with Gasteiger partial charge < -0.3 is 9.88 Å². The molecule has 0 unspecified atom stereocenters. The van der Waals surface area contributed by atoms with Gasteiger partial charge in [0.05, 0.1) is 17.6 Å². The summed E-state index contributed by atoms with van der Waals surface area (Å²) in [4.78, 5) is 19.9. The highest BCUT2D eigenvalue weighted by Crippen LogP contribution is 2.22. The van der Waals surface area contributed by atoms with Gasteiger partial charge in [0.1, 0.15) is 5.82 Å². The summed E-state index contributed by atoms with van der Waals surface area (Å²) in [6, 6.07) is 16.6. The largest absolute Gasteiger partial charge is 0.352 e. The number of rotatable bonds is 6. The number of aromatic nitrogens is 2. The van der Waals surface area contributed by atoms with Crippen molar-refractivity contribution in [1.82, 2.24) is 19.8 Å². The number of likely N-dealkylation sites (tertiary alicyclic amines) is 1. The molecule has 0 atom stereocenters. The van der Waals surface area contributed by atoms with Crippen LogP contribution in [0.15, 0.2) is 48.5 Å². The van der Waals surface area contributed by atoms with E-state index >= 15 is 0 Å². The van der Waals surface area contributed by atoms with Gasteiger partial charge in [0.15, 0.2) is 0 Å².